The maximum atomic E-state index is 14.0. The van der Waals surface area contributed by atoms with Crippen molar-refractivity contribution in [1.82, 2.24) is 9.29 Å². The van der Waals surface area contributed by atoms with E-state index in [1.807, 2.05) is 6.92 Å². The van der Waals surface area contributed by atoms with E-state index < -0.39 is 21.7 Å². The zero-order valence-electron chi connectivity index (χ0n) is 18.1. The van der Waals surface area contributed by atoms with E-state index in [2.05, 4.69) is 10.3 Å². The molecule has 33 heavy (non-hydrogen) atoms. The standard InChI is InChI=1S/C23H23ClFN3O3S2/c1-14-3-6-20(19(25)11-14)26-22(29)21-13-32-23(27-21)16-7-9-28(10-8-16)33(30,31)17-5-4-15(2)18(24)12-17/h3-6,11-13,16H,7-10H2,1-2H3,(H,26,29). The molecule has 1 fully saturated rings. The van der Waals surface area contributed by atoms with Crippen molar-refractivity contribution in [2.45, 2.75) is 37.5 Å². The van der Waals surface area contributed by atoms with Crippen LogP contribution in [0.15, 0.2) is 46.7 Å². The molecule has 1 N–H and O–H groups in total. The molecule has 1 aliphatic heterocycles. The van der Waals surface area contributed by atoms with Crippen LogP contribution in [0.25, 0.3) is 0 Å². The Labute approximate surface area is 201 Å². The number of piperidine rings is 1. The first-order valence-corrected chi connectivity index (χ1v) is 13.1. The van der Waals surface area contributed by atoms with Gasteiger partial charge in [-0.1, -0.05) is 23.7 Å². The van der Waals surface area contributed by atoms with Crippen molar-refractivity contribution in [2.24, 2.45) is 0 Å². The Morgan fingerprint density at radius 2 is 1.91 bits per heavy atom. The van der Waals surface area contributed by atoms with E-state index in [1.54, 1.807) is 30.5 Å². The Morgan fingerprint density at radius 1 is 1.18 bits per heavy atom. The lowest BCUT2D eigenvalue weighted by Crippen LogP contribution is -2.37. The number of nitrogens with one attached hydrogen (secondary N) is 1. The molecule has 0 unspecified atom stereocenters. The van der Waals surface area contributed by atoms with Gasteiger partial charge in [0.1, 0.15) is 11.5 Å². The highest BCUT2D eigenvalue weighted by molar-refractivity contribution is 7.89. The van der Waals surface area contributed by atoms with Crippen molar-refractivity contribution in [3.63, 3.8) is 0 Å². The normalized spacial score (nSPS) is 15.5. The minimum Gasteiger partial charge on any atom is -0.318 e. The van der Waals surface area contributed by atoms with Crippen molar-refractivity contribution >= 4 is 44.6 Å². The van der Waals surface area contributed by atoms with Crippen LogP contribution in [0.3, 0.4) is 0 Å². The minimum atomic E-state index is -3.62. The molecule has 1 aliphatic rings. The molecule has 0 atom stereocenters. The van der Waals surface area contributed by atoms with E-state index in [0.717, 1.165) is 16.1 Å². The first-order chi connectivity index (χ1) is 15.6. The largest absolute Gasteiger partial charge is 0.318 e. The van der Waals surface area contributed by atoms with Crippen LogP contribution in [0.2, 0.25) is 5.02 Å². The molecule has 0 bridgehead atoms. The van der Waals surface area contributed by atoms with Gasteiger partial charge in [0, 0.05) is 29.4 Å². The first kappa shape index (κ1) is 23.8. The van der Waals surface area contributed by atoms with Gasteiger partial charge < -0.3 is 5.32 Å². The summed E-state index contributed by atoms with van der Waals surface area (Å²) in [5, 5.41) is 5.40. The molecular weight excluding hydrogens is 485 g/mol. The summed E-state index contributed by atoms with van der Waals surface area (Å²) < 4.78 is 41.5. The molecule has 1 amide bonds. The number of carbonyl (C=O) groups excluding carboxylic acids is 1. The summed E-state index contributed by atoms with van der Waals surface area (Å²) in [7, 11) is -3.62. The number of amides is 1. The second-order valence-electron chi connectivity index (χ2n) is 8.10. The van der Waals surface area contributed by atoms with Crippen molar-refractivity contribution in [1.29, 1.82) is 0 Å². The number of carbonyl (C=O) groups is 1. The van der Waals surface area contributed by atoms with E-state index in [0.29, 0.717) is 31.0 Å². The molecule has 3 aromatic rings. The number of rotatable bonds is 5. The van der Waals surface area contributed by atoms with Crippen LogP contribution in [0.5, 0.6) is 0 Å². The summed E-state index contributed by atoms with van der Waals surface area (Å²) in [6.07, 6.45) is 1.19. The fourth-order valence-corrected chi connectivity index (χ4v) is 6.43. The first-order valence-electron chi connectivity index (χ1n) is 10.4. The number of aryl methyl sites for hydroxylation is 2. The maximum Gasteiger partial charge on any atom is 0.275 e. The molecule has 0 saturated carbocycles. The summed E-state index contributed by atoms with van der Waals surface area (Å²) in [5.74, 6) is -0.917. The van der Waals surface area contributed by atoms with Gasteiger partial charge in [-0.3, -0.25) is 4.79 Å². The van der Waals surface area contributed by atoms with Gasteiger partial charge in [0.15, 0.2) is 0 Å². The number of hydrogen-bond donors (Lipinski definition) is 1. The average molecular weight is 508 g/mol. The molecule has 6 nitrogen and oxygen atoms in total. The summed E-state index contributed by atoms with van der Waals surface area (Å²) in [6, 6.07) is 9.36. The number of aromatic nitrogens is 1. The Kier molecular flexibility index (Phi) is 6.86. The van der Waals surface area contributed by atoms with E-state index in [-0.39, 0.29) is 22.2 Å². The Morgan fingerprint density at radius 3 is 2.58 bits per heavy atom. The van der Waals surface area contributed by atoms with E-state index in [9.17, 15) is 17.6 Å². The van der Waals surface area contributed by atoms with E-state index in [1.165, 1.54) is 33.8 Å². The number of anilines is 1. The second-order valence-corrected chi connectivity index (χ2v) is 11.3. The molecule has 0 spiro atoms. The van der Waals surface area contributed by atoms with E-state index >= 15 is 0 Å². The SMILES string of the molecule is Cc1ccc(NC(=O)c2csc(C3CCN(S(=O)(=O)c4ccc(C)c(Cl)c4)CC3)n2)c(F)c1. The number of benzene rings is 2. The molecule has 174 valence electrons. The molecule has 2 aromatic carbocycles. The highest BCUT2D eigenvalue weighted by Crippen LogP contribution is 2.33. The van der Waals surface area contributed by atoms with Crippen molar-refractivity contribution in [3.05, 3.63) is 74.4 Å². The molecule has 1 saturated heterocycles. The fraction of sp³-hybridized carbons (Fsp3) is 0.304. The monoisotopic (exact) mass is 507 g/mol. The number of hydrogen-bond acceptors (Lipinski definition) is 5. The van der Waals surface area contributed by atoms with Crippen LogP contribution in [-0.2, 0) is 10.0 Å². The molecule has 1 aromatic heterocycles. The maximum absolute atomic E-state index is 14.0. The summed E-state index contributed by atoms with van der Waals surface area (Å²) >= 11 is 7.47. The van der Waals surface area contributed by atoms with Gasteiger partial charge in [-0.25, -0.2) is 17.8 Å². The van der Waals surface area contributed by atoms with Gasteiger partial charge in [-0.15, -0.1) is 11.3 Å². The summed E-state index contributed by atoms with van der Waals surface area (Å²) in [6.45, 7) is 4.31. The quantitative estimate of drug-likeness (QED) is 0.503. The van der Waals surface area contributed by atoms with E-state index in [4.69, 9.17) is 11.6 Å². The molecule has 4 rings (SSSR count). The third kappa shape index (κ3) is 5.11. The lowest BCUT2D eigenvalue weighted by Gasteiger charge is -2.30. The molecular formula is C23H23ClFN3O3S2. The van der Waals surface area contributed by atoms with Crippen molar-refractivity contribution < 1.29 is 17.6 Å². The Hall–Kier alpha value is -2.33. The average Bonchev–Trinajstić information content (AvgIpc) is 3.28. The van der Waals surface area contributed by atoms with Crippen LogP contribution in [0.1, 0.15) is 45.4 Å². The summed E-state index contributed by atoms with van der Waals surface area (Å²) in [5.41, 5.74) is 1.91. The molecule has 2 heterocycles. The second kappa shape index (κ2) is 9.50. The van der Waals surface area contributed by atoms with Crippen LogP contribution in [-0.4, -0.2) is 36.7 Å². The highest BCUT2D eigenvalue weighted by Gasteiger charge is 2.31. The van der Waals surface area contributed by atoms with Gasteiger partial charge in [0.2, 0.25) is 10.0 Å². The fourth-order valence-electron chi connectivity index (χ4n) is 3.71. The van der Waals surface area contributed by atoms with Crippen LogP contribution < -0.4 is 5.32 Å². The van der Waals surface area contributed by atoms with Crippen LogP contribution in [0, 0.1) is 19.7 Å². The predicted octanol–water partition coefficient (Wildman–Crippen LogP) is 5.37. The smallest absolute Gasteiger partial charge is 0.275 e. The molecule has 0 aliphatic carbocycles. The van der Waals surface area contributed by atoms with Gasteiger partial charge in [0.25, 0.3) is 5.91 Å². The van der Waals surface area contributed by atoms with Crippen molar-refractivity contribution in [3.8, 4) is 0 Å². The molecule has 0 radical (unpaired) electrons. The minimum absolute atomic E-state index is 0.0562. The van der Waals surface area contributed by atoms with Gasteiger partial charge in [0.05, 0.1) is 15.6 Å². The zero-order chi connectivity index (χ0) is 23.8. The summed E-state index contributed by atoms with van der Waals surface area (Å²) in [4.78, 5) is 17.1. The van der Waals surface area contributed by atoms with Gasteiger partial charge in [-0.2, -0.15) is 4.31 Å². The number of nitrogens with zero attached hydrogens (tertiary/aromatic N) is 2. The number of halogens is 2. The van der Waals surface area contributed by atoms with Gasteiger partial charge in [-0.05, 0) is 62.1 Å². The number of thiazole rings is 1. The third-order valence-electron chi connectivity index (χ3n) is 5.71. The molecule has 10 heteroatoms. The highest BCUT2D eigenvalue weighted by atomic mass is 35.5. The third-order valence-corrected chi connectivity index (χ3v) is 9.02. The Bertz CT molecular complexity index is 1300. The topological polar surface area (TPSA) is 79.4 Å². The van der Waals surface area contributed by atoms with Crippen molar-refractivity contribution in [2.75, 3.05) is 18.4 Å². The van der Waals surface area contributed by atoms with Gasteiger partial charge >= 0.3 is 0 Å². The van der Waals surface area contributed by atoms with Crippen LogP contribution >= 0.6 is 22.9 Å². The van der Waals surface area contributed by atoms with Crippen LogP contribution in [0.4, 0.5) is 10.1 Å². The lowest BCUT2D eigenvalue weighted by molar-refractivity contribution is 0.102. The lowest BCUT2D eigenvalue weighted by atomic mass is 9.99. The Balaban J connectivity index is 1.40. The predicted molar refractivity (Wildman–Crippen MR) is 128 cm³/mol. The zero-order valence-corrected chi connectivity index (χ0v) is 20.5. The number of sulfonamides is 1.